The van der Waals surface area contributed by atoms with E-state index in [0.717, 1.165) is 10.0 Å². The molecule has 0 bridgehead atoms. The fraction of sp³-hybridized carbons (Fsp3) is 0.429. The Labute approximate surface area is 85.2 Å². The van der Waals surface area contributed by atoms with Crippen LogP contribution in [0.25, 0.3) is 5.13 Å². The Kier molecular flexibility index (Phi) is 2.16. The van der Waals surface area contributed by atoms with Crippen molar-refractivity contribution < 1.29 is 0 Å². The van der Waals surface area contributed by atoms with Gasteiger partial charge in [-0.25, -0.2) is 4.98 Å². The lowest BCUT2D eigenvalue weighted by Crippen LogP contribution is -2.15. The average Bonchev–Trinajstić information content (AvgIpc) is 2.70. The van der Waals surface area contributed by atoms with E-state index in [9.17, 15) is 0 Å². The van der Waals surface area contributed by atoms with Gasteiger partial charge in [0.1, 0.15) is 0 Å². The molecule has 0 atom stereocenters. The van der Waals surface area contributed by atoms with Gasteiger partial charge in [-0.3, -0.25) is 0 Å². The predicted octanol–water partition coefficient (Wildman–Crippen LogP) is 0.493. The largest absolute Gasteiger partial charge is 0.345 e. The van der Waals surface area contributed by atoms with Gasteiger partial charge in [-0.05, 0) is 17.4 Å². The van der Waals surface area contributed by atoms with E-state index in [1.165, 1.54) is 0 Å². The van der Waals surface area contributed by atoms with Crippen molar-refractivity contribution in [2.75, 3.05) is 19.0 Å². The number of aryl methyl sites for hydroxylation is 1. The summed E-state index contributed by atoms with van der Waals surface area (Å²) >= 11 is 1.56. The smallest absolute Gasteiger partial charge is 0.251 e. The molecule has 0 aliphatic heterocycles. The fourth-order valence-corrected chi connectivity index (χ4v) is 1.73. The Hall–Kier alpha value is -1.50. The van der Waals surface area contributed by atoms with Crippen LogP contribution < -0.4 is 4.90 Å². The molecule has 0 unspecified atom stereocenters. The molecule has 14 heavy (non-hydrogen) atoms. The van der Waals surface area contributed by atoms with E-state index >= 15 is 0 Å². The molecule has 0 N–H and O–H groups in total. The molecule has 2 aromatic heterocycles. The molecule has 0 saturated heterocycles. The maximum absolute atomic E-state index is 4.21. The van der Waals surface area contributed by atoms with E-state index in [4.69, 9.17) is 0 Å². The van der Waals surface area contributed by atoms with Gasteiger partial charge in [0.25, 0.3) is 5.95 Å². The Morgan fingerprint density at radius 1 is 1.43 bits per heavy atom. The van der Waals surface area contributed by atoms with Crippen molar-refractivity contribution in [3.05, 3.63) is 11.1 Å². The zero-order valence-electron chi connectivity index (χ0n) is 8.17. The number of tetrazole rings is 1. The van der Waals surface area contributed by atoms with Crippen LogP contribution >= 0.6 is 11.3 Å². The van der Waals surface area contributed by atoms with Crippen LogP contribution in [0, 0.1) is 6.92 Å². The highest BCUT2D eigenvalue weighted by molar-refractivity contribution is 7.14. The maximum Gasteiger partial charge on any atom is 0.251 e. The first kappa shape index (κ1) is 9.07. The summed E-state index contributed by atoms with van der Waals surface area (Å²) in [7, 11) is 3.78. The molecule has 0 fully saturated rings. The molecule has 6 nitrogen and oxygen atoms in total. The number of hydrogen-bond donors (Lipinski definition) is 0. The molecule has 2 aromatic rings. The molecule has 0 spiro atoms. The van der Waals surface area contributed by atoms with Crippen molar-refractivity contribution in [3.8, 4) is 5.13 Å². The van der Waals surface area contributed by atoms with Gasteiger partial charge in [0.15, 0.2) is 0 Å². The molecule has 0 aromatic carbocycles. The number of anilines is 1. The van der Waals surface area contributed by atoms with Gasteiger partial charge < -0.3 is 4.90 Å². The summed E-state index contributed by atoms with van der Waals surface area (Å²) in [4.78, 5) is 7.20. The molecule has 0 aliphatic rings. The Morgan fingerprint density at radius 3 is 2.79 bits per heavy atom. The predicted molar refractivity (Wildman–Crippen MR) is 53.9 cm³/mol. The number of rotatable bonds is 2. The normalized spacial score (nSPS) is 10.5. The Balaban J connectivity index is 2.46. The van der Waals surface area contributed by atoms with E-state index in [1.807, 2.05) is 25.9 Å². The van der Waals surface area contributed by atoms with Crippen molar-refractivity contribution in [3.63, 3.8) is 0 Å². The lowest BCUT2D eigenvalue weighted by atomic mass is 10.7. The van der Waals surface area contributed by atoms with Crippen LogP contribution in [0.5, 0.6) is 0 Å². The second-order valence-electron chi connectivity index (χ2n) is 3.04. The molecule has 0 amide bonds. The van der Waals surface area contributed by atoms with Crippen molar-refractivity contribution >= 4 is 17.3 Å². The van der Waals surface area contributed by atoms with Gasteiger partial charge in [-0.1, -0.05) is 5.10 Å². The monoisotopic (exact) mass is 210 g/mol. The van der Waals surface area contributed by atoms with Gasteiger partial charge >= 0.3 is 0 Å². The maximum atomic E-state index is 4.21. The summed E-state index contributed by atoms with van der Waals surface area (Å²) in [5.74, 6) is 0.680. The van der Waals surface area contributed by atoms with Crippen LogP contribution in [0.3, 0.4) is 0 Å². The molecule has 7 heteroatoms. The summed E-state index contributed by atoms with van der Waals surface area (Å²) in [6.45, 7) is 2.00. The lowest BCUT2D eigenvalue weighted by molar-refractivity contribution is 0.779. The van der Waals surface area contributed by atoms with Crippen molar-refractivity contribution in [1.29, 1.82) is 0 Å². The third-order valence-electron chi connectivity index (χ3n) is 1.64. The summed E-state index contributed by atoms with van der Waals surface area (Å²) in [6.07, 6.45) is 1.81. The number of nitrogens with zero attached hydrogens (tertiary/aromatic N) is 6. The number of aromatic nitrogens is 5. The van der Waals surface area contributed by atoms with Crippen LogP contribution in [-0.2, 0) is 0 Å². The zero-order chi connectivity index (χ0) is 10.1. The molecule has 0 saturated carbocycles. The highest BCUT2D eigenvalue weighted by atomic mass is 32.1. The van der Waals surface area contributed by atoms with Crippen LogP contribution in [-0.4, -0.2) is 39.3 Å². The summed E-state index contributed by atoms with van der Waals surface area (Å²) in [5, 5.41) is 12.2. The van der Waals surface area contributed by atoms with E-state index in [2.05, 4.69) is 20.5 Å². The lowest BCUT2D eigenvalue weighted by Gasteiger charge is -2.08. The van der Waals surface area contributed by atoms with Gasteiger partial charge in [0, 0.05) is 25.2 Å². The molecule has 0 aliphatic carbocycles. The first-order valence-corrected chi connectivity index (χ1v) is 4.88. The number of hydrogen-bond acceptors (Lipinski definition) is 6. The quantitative estimate of drug-likeness (QED) is 0.722. The zero-order valence-corrected chi connectivity index (χ0v) is 8.99. The minimum absolute atomic E-state index is 0.680. The first-order valence-electron chi connectivity index (χ1n) is 4.07. The van der Waals surface area contributed by atoms with Gasteiger partial charge in [-0.15, -0.1) is 11.3 Å². The first-order chi connectivity index (χ1) is 6.68. The van der Waals surface area contributed by atoms with E-state index in [0.29, 0.717) is 5.95 Å². The molecule has 2 rings (SSSR count). The van der Waals surface area contributed by atoms with Gasteiger partial charge in [0.2, 0.25) is 5.13 Å². The molecular formula is C7H10N6S. The highest BCUT2D eigenvalue weighted by Gasteiger charge is 2.12. The second-order valence-corrected chi connectivity index (χ2v) is 4.25. The van der Waals surface area contributed by atoms with Crippen molar-refractivity contribution in [2.24, 2.45) is 0 Å². The van der Waals surface area contributed by atoms with Gasteiger partial charge in [-0.2, -0.15) is 4.68 Å². The second kappa shape index (κ2) is 3.33. The van der Waals surface area contributed by atoms with Crippen LogP contribution in [0.4, 0.5) is 5.95 Å². The minimum Gasteiger partial charge on any atom is -0.345 e. The summed E-state index contributed by atoms with van der Waals surface area (Å²) in [5.41, 5.74) is 0. The fourth-order valence-electron chi connectivity index (χ4n) is 1.03. The van der Waals surface area contributed by atoms with Crippen LogP contribution in [0.2, 0.25) is 0 Å². The van der Waals surface area contributed by atoms with Crippen LogP contribution in [0.15, 0.2) is 6.20 Å². The van der Waals surface area contributed by atoms with E-state index in [1.54, 1.807) is 22.2 Å². The van der Waals surface area contributed by atoms with E-state index < -0.39 is 0 Å². The third kappa shape index (κ3) is 1.46. The minimum atomic E-state index is 0.680. The topological polar surface area (TPSA) is 59.7 Å². The average molecular weight is 210 g/mol. The molecule has 2 heterocycles. The Bertz CT molecular complexity index is 431. The highest BCUT2D eigenvalue weighted by Crippen LogP contribution is 2.18. The SMILES string of the molecule is Cc1cnc(-n2nnnc2N(C)C)s1. The number of thiazole rings is 1. The third-order valence-corrected chi connectivity index (χ3v) is 2.53. The van der Waals surface area contributed by atoms with Crippen LogP contribution in [0.1, 0.15) is 4.88 Å². The van der Waals surface area contributed by atoms with Gasteiger partial charge in [0.05, 0.1) is 0 Å². The molecule has 0 radical (unpaired) electrons. The van der Waals surface area contributed by atoms with Crippen molar-refractivity contribution in [2.45, 2.75) is 6.92 Å². The van der Waals surface area contributed by atoms with Crippen molar-refractivity contribution in [1.82, 2.24) is 25.2 Å². The summed E-state index contributed by atoms with van der Waals surface area (Å²) < 4.78 is 1.62. The Morgan fingerprint density at radius 2 is 2.21 bits per heavy atom. The molecular weight excluding hydrogens is 200 g/mol. The standard InChI is InChI=1S/C7H10N6S/c1-5-4-8-7(14-5)13-6(12(2)3)9-10-11-13/h4H,1-3H3. The van der Waals surface area contributed by atoms with E-state index in [-0.39, 0.29) is 0 Å². The summed E-state index contributed by atoms with van der Waals surface area (Å²) in [6, 6.07) is 0. The molecule has 74 valence electrons.